The summed E-state index contributed by atoms with van der Waals surface area (Å²) in [6.45, 7) is 6.05. The molecule has 19 heavy (non-hydrogen) atoms. The van der Waals surface area contributed by atoms with Crippen LogP contribution in [0.15, 0.2) is 12.1 Å². The fourth-order valence-electron chi connectivity index (χ4n) is 2.44. The van der Waals surface area contributed by atoms with E-state index in [1.165, 1.54) is 0 Å². The van der Waals surface area contributed by atoms with Gasteiger partial charge in [0, 0.05) is 31.3 Å². The van der Waals surface area contributed by atoms with E-state index in [1.807, 2.05) is 0 Å². The molecule has 1 N–H and O–H groups in total. The molecule has 2 rings (SSSR count). The van der Waals surface area contributed by atoms with E-state index in [-0.39, 0.29) is 11.7 Å². The lowest BCUT2D eigenvalue weighted by Crippen LogP contribution is -2.41. The van der Waals surface area contributed by atoms with E-state index in [9.17, 15) is 13.2 Å². The summed E-state index contributed by atoms with van der Waals surface area (Å²) in [6, 6.07) is 1.65. The average molecular weight is 272 g/mol. The standard InChI is InChI=1S/C14H19F3N2/c1-9(2)13-8-19(5-3-4-18-13)14-11(16)6-10(15)7-12(14)17/h6-7,9,13,18H,3-5,8H2,1-2H3. The summed E-state index contributed by atoms with van der Waals surface area (Å²) in [5.74, 6) is -2.18. The van der Waals surface area contributed by atoms with Crippen molar-refractivity contribution < 1.29 is 13.2 Å². The zero-order valence-electron chi connectivity index (χ0n) is 11.2. The van der Waals surface area contributed by atoms with Crippen molar-refractivity contribution in [2.45, 2.75) is 26.3 Å². The van der Waals surface area contributed by atoms with Crippen LogP contribution >= 0.6 is 0 Å². The minimum Gasteiger partial charge on any atom is -0.365 e. The van der Waals surface area contributed by atoms with Crippen molar-refractivity contribution in [3.8, 4) is 0 Å². The van der Waals surface area contributed by atoms with E-state index in [0.29, 0.717) is 19.0 Å². The minimum atomic E-state index is -0.882. The zero-order valence-corrected chi connectivity index (χ0v) is 11.2. The highest BCUT2D eigenvalue weighted by Crippen LogP contribution is 2.26. The van der Waals surface area contributed by atoms with Gasteiger partial charge < -0.3 is 10.2 Å². The monoisotopic (exact) mass is 272 g/mol. The molecular formula is C14H19F3N2. The van der Waals surface area contributed by atoms with Crippen LogP contribution in [0.25, 0.3) is 0 Å². The second-order valence-corrected chi connectivity index (χ2v) is 5.32. The van der Waals surface area contributed by atoms with E-state index in [1.54, 1.807) is 4.90 Å². The Hall–Kier alpha value is -1.23. The Kier molecular flexibility index (Phi) is 4.34. The highest BCUT2D eigenvalue weighted by atomic mass is 19.1. The number of hydrogen-bond acceptors (Lipinski definition) is 2. The van der Waals surface area contributed by atoms with Gasteiger partial charge in [0.25, 0.3) is 0 Å². The topological polar surface area (TPSA) is 15.3 Å². The number of benzene rings is 1. The van der Waals surface area contributed by atoms with Crippen LogP contribution in [0.1, 0.15) is 20.3 Å². The Bertz CT molecular complexity index is 425. The van der Waals surface area contributed by atoms with E-state index in [0.717, 1.165) is 25.1 Å². The first-order chi connectivity index (χ1) is 8.99. The van der Waals surface area contributed by atoms with Gasteiger partial charge in [0.1, 0.15) is 11.5 Å². The van der Waals surface area contributed by atoms with Crippen molar-refractivity contribution in [1.29, 1.82) is 0 Å². The number of nitrogens with zero attached hydrogens (tertiary/aromatic N) is 1. The quantitative estimate of drug-likeness (QED) is 0.890. The lowest BCUT2D eigenvalue weighted by Gasteiger charge is -2.29. The van der Waals surface area contributed by atoms with Gasteiger partial charge in [-0.15, -0.1) is 0 Å². The van der Waals surface area contributed by atoms with Gasteiger partial charge in [-0.05, 0) is 18.9 Å². The maximum atomic E-state index is 13.8. The predicted molar refractivity (Wildman–Crippen MR) is 69.8 cm³/mol. The normalized spacial score (nSPS) is 20.7. The van der Waals surface area contributed by atoms with Crippen molar-refractivity contribution in [3.63, 3.8) is 0 Å². The van der Waals surface area contributed by atoms with Gasteiger partial charge in [-0.2, -0.15) is 0 Å². The maximum absolute atomic E-state index is 13.8. The molecule has 1 saturated heterocycles. The Balaban J connectivity index is 2.29. The van der Waals surface area contributed by atoms with E-state index >= 15 is 0 Å². The zero-order chi connectivity index (χ0) is 14.0. The molecule has 0 spiro atoms. The summed E-state index contributed by atoms with van der Waals surface area (Å²) >= 11 is 0. The van der Waals surface area contributed by atoms with Crippen molar-refractivity contribution in [3.05, 3.63) is 29.6 Å². The number of hydrogen-bond donors (Lipinski definition) is 1. The first-order valence-electron chi connectivity index (χ1n) is 6.62. The smallest absolute Gasteiger partial charge is 0.152 e. The third-order valence-electron chi connectivity index (χ3n) is 3.53. The Morgan fingerprint density at radius 2 is 1.84 bits per heavy atom. The van der Waals surface area contributed by atoms with Crippen LogP contribution in [0, 0.1) is 23.4 Å². The molecule has 1 aliphatic rings. The molecule has 0 aromatic heterocycles. The van der Waals surface area contributed by atoms with Gasteiger partial charge >= 0.3 is 0 Å². The summed E-state index contributed by atoms with van der Waals surface area (Å²) in [5.41, 5.74) is -0.115. The van der Waals surface area contributed by atoms with Crippen LogP contribution in [-0.4, -0.2) is 25.7 Å². The molecule has 1 aromatic rings. The lowest BCUT2D eigenvalue weighted by molar-refractivity contribution is 0.417. The number of rotatable bonds is 2. The van der Waals surface area contributed by atoms with Crippen molar-refractivity contribution in [2.75, 3.05) is 24.5 Å². The Morgan fingerprint density at radius 1 is 1.21 bits per heavy atom. The van der Waals surface area contributed by atoms with E-state index < -0.39 is 17.5 Å². The van der Waals surface area contributed by atoms with Gasteiger partial charge in [-0.25, -0.2) is 13.2 Å². The third kappa shape index (κ3) is 3.21. The summed E-state index contributed by atoms with van der Waals surface area (Å²) in [7, 11) is 0. The molecule has 2 nitrogen and oxygen atoms in total. The van der Waals surface area contributed by atoms with Gasteiger partial charge in [0.2, 0.25) is 0 Å². The SMILES string of the molecule is CC(C)C1CN(c2c(F)cc(F)cc2F)CCCN1. The van der Waals surface area contributed by atoms with Gasteiger partial charge in [-0.1, -0.05) is 13.8 Å². The molecule has 0 radical (unpaired) electrons. The molecule has 0 saturated carbocycles. The number of anilines is 1. The summed E-state index contributed by atoms with van der Waals surface area (Å²) < 4.78 is 40.6. The van der Waals surface area contributed by atoms with Gasteiger partial charge in [0.05, 0.1) is 0 Å². The van der Waals surface area contributed by atoms with Crippen molar-refractivity contribution >= 4 is 5.69 Å². The lowest BCUT2D eigenvalue weighted by atomic mass is 10.0. The molecule has 1 heterocycles. The molecule has 5 heteroatoms. The molecule has 1 unspecified atom stereocenters. The van der Waals surface area contributed by atoms with Crippen LogP contribution in [0.5, 0.6) is 0 Å². The maximum Gasteiger partial charge on any atom is 0.152 e. The molecule has 1 fully saturated rings. The van der Waals surface area contributed by atoms with Crippen LogP contribution in [0.4, 0.5) is 18.9 Å². The highest BCUT2D eigenvalue weighted by molar-refractivity contribution is 5.49. The first-order valence-corrected chi connectivity index (χ1v) is 6.62. The Morgan fingerprint density at radius 3 is 2.42 bits per heavy atom. The molecule has 106 valence electrons. The van der Waals surface area contributed by atoms with Crippen LogP contribution in [-0.2, 0) is 0 Å². The number of nitrogens with one attached hydrogen (secondary N) is 1. The molecule has 1 aromatic carbocycles. The van der Waals surface area contributed by atoms with E-state index in [2.05, 4.69) is 19.2 Å². The third-order valence-corrected chi connectivity index (χ3v) is 3.53. The fourth-order valence-corrected chi connectivity index (χ4v) is 2.44. The van der Waals surface area contributed by atoms with Crippen LogP contribution in [0.2, 0.25) is 0 Å². The first kappa shape index (κ1) is 14.2. The second kappa shape index (κ2) is 5.82. The highest BCUT2D eigenvalue weighted by Gasteiger charge is 2.24. The molecule has 1 aliphatic heterocycles. The van der Waals surface area contributed by atoms with Gasteiger partial charge in [-0.3, -0.25) is 0 Å². The molecule has 0 amide bonds. The summed E-state index contributed by atoms with van der Waals surface area (Å²) in [6.07, 6.45) is 0.805. The van der Waals surface area contributed by atoms with Crippen molar-refractivity contribution in [2.24, 2.45) is 5.92 Å². The average Bonchev–Trinajstić information content (AvgIpc) is 2.53. The van der Waals surface area contributed by atoms with Crippen LogP contribution < -0.4 is 10.2 Å². The summed E-state index contributed by atoms with van der Waals surface area (Å²) in [5, 5.41) is 3.37. The minimum absolute atomic E-state index is 0.115. The number of halogens is 3. The molecule has 0 aliphatic carbocycles. The predicted octanol–water partition coefficient (Wildman–Crippen LogP) is 2.93. The molecular weight excluding hydrogens is 253 g/mol. The molecule has 0 bridgehead atoms. The van der Waals surface area contributed by atoms with Crippen LogP contribution in [0.3, 0.4) is 0 Å². The summed E-state index contributed by atoms with van der Waals surface area (Å²) in [4.78, 5) is 1.68. The van der Waals surface area contributed by atoms with Gasteiger partial charge in [0.15, 0.2) is 11.6 Å². The fraction of sp³-hybridized carbons (Fsp3) is 0.571. The van der Waals surface area contributed by atoms with E-state index in [4.69, 9.17) is 0 Å². The van der Waals surface area contributed by atoms with Crippen molar-refractivity contribution in [1.82, 2.24) is 5.32 Å². The largest absolute Gasteiger partial charge is 0.365 e. The second-order valence-electron chi connectivity index (χ2n) is 5.32. The Labute approximate surface area is 111 Å². The molecule has 1 atom stereocenters.